The zero-order chi connectivity index (χ0) is 14.1. The zero-order valence-corrected chi connectivity index (χ0v) is 12.6. The fraction of sp³-hybridized carbons (Fsp3) is 0.625. The predicted molar refractivity (Wildman–Crippen MR) is 79.3 cm³/mol. The summed E-state index contributed by atoms with van der Waals surface area (Å²) in [6.07, 6.45) is 0.857. The van der Waals surface area contributed by atoms with Gasteiger partial charge in [0.2, 0.25) is 0 Å². The van der Waals surface area contributed by atoms with Crippen molar-refractivity contribution in [3.63, 3.8) is 0 Å². The molecule has 0 aliphatic heterocycles. The van der Waals surface area contributed by atoms with Crippen LogP contribution in [0, 0.1) is 6.92 Å². The molecule has 0 aliphatic carbocycles. The molecule has 1 rings (SSSR count). The molecule has 108 valence electrons. The van der Waals surface area contributed by atoms with Crippen molar-refractivity contribution in [1.82, 2.24) is 5.32 Å². The molecule has 1 aromatic rings. The van der Waals surface area contributed by atoms with Crippen LogP contribution in [0.15, 0.2) is 24.3 Å². The summed E-state index contributed by atoms with van der Waals surface area (Å²) in [7, 11) is 0. The molecule has 0 radical (unpaired) electrons. The molecule has 1 aromatic carbocycles. The summed E-state index contributed by atoms with van der Waals surface area (Å²) < 4.78 is 11.5. The van der Waals surface area contributed by atoms with Gasteiger partial charge in [0.25, 0.3) is 0 Å². The van der Waals surface area contributed by atoms with E-state index in [-0.39, 0.29) is 12.3 Å². The fourth-order valence-electron chi connectivity index (χ4n) is 2.16. The minimum absolute atomic E-state index is 0.0843. The average Bonchev–Trinajstić information content (AvgIpc) is 2.41. The highest BCUT2D eigenvalue weighted by Gasteiger charge is 2.24. The molecule has 0 aliphatic rings. The van der Waals surface area contributed by atoms with Gasteiger partial charge in [-0.05, 0) is 44.9 Å². The van der Waals surface area contributed by atoms with E-state index in [1.54, 1.807) is 0 Å². The molecule has 1 atom stereocenters. The molecule has 0 aromatic heterocycles. The van der Waals surface area contributed by atoms with Crippen molar-refractivity contribution in [2.24, 2.45) is 0 Å². The normalized spacial score (nSPS) is 12.9. The van der Waals surface area contributed by atoms with E-state index in [2.05, 4.69) is 43.4 Å². The molecule has 0 spiro atoms. The monoisotopic (exact) mass is 265 g/mol. The van der Waals surface area contributed by atoms with Crippen molar-refractivity contribution in [3.05, 3.63) is 35.4 Å². The highest BCUT2D eigenvalue weighted by atomic mass is 16.7. The SMILES string of the molecule is CCCNC(c1ccccc1C)C(OCC)OCC. The van der Waals surface area contributed by atoms with Crippen molar-refractivity contribution in [3.8, 4) is 0 Å². The van der Waals surface area contributed by atoms with Gasteiger partial charge in [0.05, 0.1) is 6.04 Å². The van der Waals surface area contributed by atoms with Crippen molar-refractivity contribution in [1.29, 1.82) is 0 Å². The van der Waals surface area contributed by atoms with E-state index in [4.69, 9.17) is 9.47 Å². The van der Waals surface area contributed by atoms with E-state index >= 15 is 0 Å². The lowest BCUT2D eigenvalue weighted by atomic mass is 10.0. The number of ether oxygens (including phenoxy) is 2. The van der Waals surface area contributed by atoms with Gasteiger partial charge in [-0.2, -0.15) is 0 Å². The van der Waals surface area contributed by atoms with Gasteiger partial charge < -0.3 is 14.8 Å². The minimum atomic E-state index is -0.234. The Morgan fingerprint density at radius 2 is 1.68 bits per heavy atom. The molecule has 0 saturated heterocycles. The Labute approximate surface area is 117 Å². The summed E-state index contributed by atoms with van der Waals surface area (Å²) in [5.74, 6) is 0. The summed E-state index contributed by atoms with van der Waals surface area (Å²) in [5, 5.41) is 3.55. The maximum atomic E-state index is 5.77. The maximum absolute atomic E-state index is 5.77. The lowest BCUT2D eigenvalue weighted by Gasteiger charge is -2.29. The highest BCUT2D eigenvalue weighted by Crippen LogP contribution is 2.23. The van der Waals surface area contributed by atoms with E-state index in [1.807, 2.05) is 13.8 Å². The second-order valence-corrected chi connectivity index (χ2v) is 4.57. The molecular formula is C16H27NO2. The maximum Gasteiger partial charge on any atom is 0.176 e. The van der Waals surface area contributed by atoms with Crippen LogP contribution in [0.5, 0.6) is 0 Å². The van der Waals surface area contributed by atoms with E-state index in [1.165, 1.54) is 11.1 Å². The Balaban J connectivity index is 2.94. The molecule has 3 heteroatoms. The van der Waals surface area contributed by atoms with Crippen molar-refractivity contribution in [2.75, 3.05) is 19.8 Å². The number of rotatable bonds is 9. The van der Waals surface area contributed by atoms with Gasteiger partial charge in [0.15, 0.2) is 6.29 Å². The molecule has 0 amide bonds. The van der Waals surface area contributed by atoms with Crippen LogP contribution >= 0.6 is 0 Å². The predicted octanol–water partition coefficient (Wildman–Crippen LogP) is 3.43. The Bertz CT molecular complexity index is 348. The smallest absolute Gasteiger partial charge is 0.176 e. The van der Waals surface area contributed by atoms with E-state index in [0.29, 0.717) is 13.2 Å². The van der Waals surface area contributed by atoms with Crippen LogP contribution < -0.4 is 5.32 Å². The van der Waals surface area contributed by atoms with Gasteiger partial charge >= 0.3 is 0 Å². The van der Waals surface area contributed by atoms with Gasteiger partial charge in [0, 0.05) is 13.2 Å². The van der Waals surface area contributed by atoms with Gasteiger partial charge in [-0.15, -0.1) is 0 Å². The van der Waals surface area contributed by atoms with Gasteiger partial charge in [0.1, 0.15) is 0 Å². The van der Waals surface area contributed by atoms with Crippen LogP contribution in [0.2, 0.25) is 0 Å². The lowest BCUT2D eigenvalue weighted by molar-refractivity contribution is -0.155. The first-order valence-electron chi connectivity index (χ1n) is 7.26. The highest BCUT2D eigenvalue weighted by molar-refractivity contribution is 5.29. The first-order valence-corrected chi connectivity index (χ1v) is 7.26. The van der Waals surface area contributed by atoms with E-state index in [0.717, 1.165) is 13.0 Å². The number of hydrogen-bond donors (Lipinski definition) is 1. The summed E-state index contributed by atoms with van der Waals surface area (Å²) >= 11 is 0. The third-order valence-electron chi connectivity index (χ3n) is 3.07. The average molecular weight is 265 g/mol. The number of aryl methyl sites for hydroxylation is 1. The van der Waals surface area contributed by atoms with Crippen molar-refractivity contribution >= 4 is 0 Å². The van der Waals surface area contributed by atoms with Crippen molar-refractivity contribution in [2.45, 2.75) is 46.4 Å². The Morgan fingerprint density at radius 1 is 1.05 bits per heavy atom. The van der Waals surface area contributed by atoms with Gasteiger partial charge in [-0.1, -0.05) is 31.2 Å². The summed E-state index contributed by atoms with van der Waals surface area (Å²) in [6, 6.07) is 8.49. The zero-order valence-electron chi connectivity index (χ0n) is 12.6. The van der Waals surface area contributed by atoms with E-state index in [9.17, 15) is 0 Å². The second kappa shape index (κ2) is 9.08. The van der Waals surface area contributed by atoms with Crippen LogP contribution in [-0.4, -0.2) is 26.0 Å². The topological polar surface area (TPSA) is 30.5 Å². The molecule has 1 unspecified atom stereocenters. The number of nitrogens with one attached hydrogen (secondary N) is 1. The standard InChI is InChI=1S/C16H27NO2/c1-5-12-17-15(16(18-6-2)19-7-3)14-11-9-8-10-13(14)4/h8-11,15-17H,5-7,12H2,1-4H3. The molecule has 3 nitrogen and oxygen atoms in total. The summed E-state index contributed by atoms with van der Waals surface area (Å²) in [5.41, 5.74) is 2.52. The lowest BCUT2D eigenvalue weighted by Crippen LogP contribution is -2.36. The number of benzene rings is 1. The second-order valence-electron chi connectivity index (χ2n) is 4.57. The Morgan fingerprint density at radius 3 is 2.21 bits per heavy atom. The minimum Gasteiger partial charge on any atom is -0.351 e. The van der Waals surface area contributed by atoms with Crippen LogP contribution in [-0.2, 0) is 9.47 Å². The van der Waals surface area contributed by atoms with Crippen molar-refractivity contribution < 1.29 is 9.47 Å². The molecule has 0 bridgehead atoms. The first kappa shape index (κ1) is 16.2. The molecule has 0 saturated carbocycles. The molecule has 1 N–H and O–H groups in total. The third-order valence-corrected chi connectivity index (χ3v) is 3.07. The Kier molecular flexibility index (Phi) is 7.72. The quantitative estimate of drug-likeness (QED) is 0.694. The molecule has 0 heterocycles. The van der Waals surface area contributed by atoms with E-state index < -0.39 is 0 Å². The largest absolute Gasteiger partial charge is 0.351 e. The van der Waals surface area contributed by atoms with Crippen LogP contribution in [0.1, 0.15) is 44.4 Å². The first-order chi connectivity index (χ1) is 9.24. The number of hydrogen-bond acceptors (Lipinski definition) is 3. The molecular weight excluding hydrogens is 238 g/mol. The Hall–Kier alpha value is -0.900. The fourth-order valence-corrected chi connectivity index (χ4v) is 2.16. The van der Waals surface area contributed by atoms with Gasteiger partial charge in [-0.25, -0.2) is 0 Å². The summed E-state index contributed by atoms with van der Waals surface area (Å²) in [4.78, 5) is 0. The van der Waals surface area contributed by atoms with Crippen LogP contribution in [0.3, 0.4) is 0 Å². The van der Waals surface area contributed by atoms with Gasteiger partial charge in [-0.3, -0.25) is 0 Å². The third kappa shape index (κ3) is 4.94. The summed E-state index contributed by atoms with van der Waals surface area (Å²) in [6.45, 7) is 10.6. The van der Waals surface area contributed by atoms with Crippen LogP contribution in [0.4, 0.5) is 0 Å². The van der Waals surface area contributed by atoms with Crippen LogP contribution in [0.25, 0.3) is 0 Å². The molecule has 19 heavy (non-hydrogen) atoms. The molecule has 0 fully saturated rings.